The Morgan fingerprint density at radius 1 is 1.04 bits per heavy atom. The fourth-order valence-corrected chi connectivity index (χ4v) is 3.74. The molecule has 0 aliphatic carbocycles. The monoisotopic (exact) mass is 373 g/mol. The number of nitrogens with zero attached hydrogens (tertiary/aromatic N) is 1. The van der Waals surface area contributed by atoms with E-state index >= 15 is 0 Å². The largest absolute Gasteiger partial charge is 0.372 e. The Balaban J connectivity index is 1.74. The van der Waals surface area contributed by atoms with Crippen LogP contribution in [0, 0.1) is 6.92 Å². The van der Waals surface area contributed by atoms with Crippen LogP contribution in [0.15, 0.2) is 42.5 Å². The first-order chi connectivity index (χ1) is 12.3. The molecule has 1 aliphatic heterocycles. The van der Waals surface area contributed by atoms with Crippen LogP contribution in [0.1, 0.15) is 28.8 Å². The Hall–Kier alpha value is -2.54. The minimum Gasteiger partial charge on any atom is -0.372 e. The van der Waals surface area contributed by atoms with Crippen LogP contribution in [-0.4, -0.2) is 33.7 Å². The van der Waals surface area contributed by atoms with E-state index in [2.05, 4.69) is 14.9 Å². The minimum atomic E-state index is -3.40. The highest BCUT2D eigenvalue weighted by molar-refractivity contribution is 7.92. The Kier molecular flexibility index (Phi) is 5.18. The second-order valence-electron chi connectivity index (χ2n) is 6.55. The van der Waals surface area contributed by atoms with Crippen LogP contribution < -0.4 is 14.9 Å². The summed E-state index contributed by atoms with van der Waals surface area (Å²) in [5, 5.41) is 2.87. The Bertz CT molecular complexity index is 902. The number of sulfonamides is 1. The lowest BCUT2D eigenvalue weighted by atomic mass is 10.1. The van der Waals surface area contributed by atoms with Crippen molar-refractivity contribution in [2.45, 2.75) is 19.8 Å². The molecular weight excluding hydrogens is 350 g/mol. The van der Waals surface area contributed by atoms with Crippen molar-refractivity contribution in [2.24, 2.45) is 0 Å². The molecular formula is C19H23N3O3S. The maximum Gasteiger partial charge on any atom is 0.256 e. The third-order valence-electron chi connectivity index (χ3n) is 4.47. The van der Waals surface area contributed by atoms with Crippen molar-refractivity contribution in [3.05, 3.63) is 53.6 Å². The summed E-state index contributed by atoms with van der Waals surface area (Å²) in [5.74, 6) is -0.270. The van der Waals surface area contributed by atoms with Crippen molar-refractivity contribution in [1.82, 2.24) is 0 Å². The van der Waals surface area contributed by atoms with Gasteiger partial charge in [0.2, 0.25) is 10.0 Å². The second kappa shape index (κ2) is 7.37. The van der Waals surface area contributed by atoms with E-state index in [0.29, 0.717) is 22.5 Å². The van der Waals surface area contributed by atoms with Gasteiger partial charge in [-0.2, -0.15) is 0 Å². The molecule has 2 aromatic carbocycles. The number of hydrogen-bond donors (Lipinski definition) is 2. The molecule has 138 valence electrons. The summed E-state index contributed by atoms with van der Waals surface area (Å²) in [4.78, 5) is 14.9. The SMILES string of the molecule is Cc1c(NS(C)(=O)=O)cccc1C(=O)Nc1ccc(N2CCCC2)cc1. The van der Waals surface area contributed by atoms with Crippen molar-refractivity contribution in [1.29, 1.82) is 0 Å². The molecule has 2 N–H and O–H groups in total. The maximum absolute atomic E-state index is 12.6. The molecule has 0 bridgehead atoms. The first kappa shape index (κ1) is 18.3. The van der Waals surface area contributed by atoms with E-state index < -0.39 is 10.0 Å². The van der Waals surface area contributed by atoms with Gasteiger partial charge in [-0.15, -0.1) is 0 Å². The summed E-state index contributed by atoms with van der Waals surface area (Å²) in [6.07, 6.45) is 3.52. The molecule has 26 heavy (non-hydrogen) atoms. The van der Waals surface area contributed by atoms with Gasteiger partial charge < -0.3 is 10.2 Å². The van der Waals surface area contributed by atoms with E-state index in [9.17, 15) is 13.2 Å². The quantitative estimate of drug-likeness (QED) is 0.843. The lowest BCUT2D eigenvalue weighted by molar-refractivity contribution is 0.102. The molecule has 7 heteroatoms. The smallest absolute Gasteiger partial charge is 0.256 e. The van der Waals surface area contributed by atoms with Gasteiger partial charge in [0, 0.05) is 30.0 Å². The molecule has 2 aromatic rings. The van der Waals surface area contributed by atoms with Crippen LogP contribution in [0.25, 0.3) is 0 Å². The van der Waals surface area contributed by atoms with Gasteiger partial charge in [0.1, 0.15) is 0 Å². The first-order valence-corrected chi connectivity index (χ1v) is 10.5. The zero-order valence-electron chi connectivity index (χ0n) is 15.0. The topological polar surface area (TPSA) is 78.5 Å². The van der Waals surface area contributed by atoms with Crippen molar-refractivity contribution < 1.29 is 13.2 Å². The molecule has 0 aromatic heterocycles. The van der Waals surface area contributed by atoms with Crippen molar-refractivity contribution >= 4 is 33.0 Å². The Morgan fingerprint density at radius 2 is 1.69 bits per heavy atom. The zero-order chi connectivity index (χ0) is 18.7. The van der Waals surface area contributed by atoms with Gasteiger partial charge in [0.05, 0.1) is 11.9 Å². The van der Waals surface area contributed by atoms with E-state index in [0.717, 1.165) is 25.0 Å². The third kappa shape index (κ3) is 4.35. The molecule has 0 radical (unpaired) electrons. The highest BCUT2D eigenvalue weighted by atomic mass is 32.2. The third-order valence-corrected chi connectivity index (χ3v) is 5.06. The molecule has 6 nitrogen and oxygen atoms in total. The molecule has 3 rings (SSSR count). The lowest BCUT2D eigenvalue weighted by Gasteiger charge is -2.18. The number of amides is 1. The summed E-state index contributed by atoms with van der Waals surface area (Å²) < 4.78 is 25.3. The van der Waals surface area contributed by atoms with Gasteiger partial charge in [0.15, 0.2) is 0 Å². The molecule has 0 spiro atoms. The summed E-state index contributed by atoms with van der Waals surface area (Å²) in [5.41, 5.74) is 3.30. The van der Waals surface area contributed by atoms with E-state index in [4.69, 9.17) is 0 Å². The molecule has 1 saturated heterocycles. The summed E-state index contributed by atoms with van der Waals surface area (Å²) in [6, 6.07) is 12.8. The molecule has 1 amide bonds. The summed E-state index contributed by atoms with van der Waals surface area (Å²) in [7, 11) is -3.40. The maximum atomic E-state index is 12.6. The number of carbonyl (C=O) groups is 1. The number of benzene rings is 2. The predicted octanol–water partition coefficient (Wildman–Crippen LogP) is 3.22. The first-order valence-electron chi connectivity index (χ1n) is 8.57. The van der Waals surface area contributed by atoms with Crippen LogP contribution in [-0.2, 0) is 10.0 Å². The molecule has 1 aliphatic rings. The van der Waals surface area contributed by atoms with Crippen LogP contribution in [0.3, 0.4) is 0 Å². The van der Waals surface area contributed by atoms with E-state index in [1.807, 2.05) is 24.3 Å². The van der Waals surface area contributed by atoms with Gasteiger partial charge >= 0.3 is 0 Å². The number of carbonyl (C=O) groups excluding carboxylic acids is 1. The molecule has 1 fully saturated rings. The van der Waals surface area contributed by atoms with E-state index in [-0.39, 0.29) is 5.91 Å². The lowest BCUT2D eigenvalue weighted by Crippen LogP contribution is -2.18. The average Bonchev–Trinajstić information content (AvgIpc) is 3.11. The van der Waals surface area contributed by atoms with Gasteiger partial charge in [-0.1, -0.05) is 6.07 Å². The molecule has 0 saturated carbocycles. The number of anilines is 3. The number of hydrogen-bond acceptors (Lipinski definition) is 4. The van der Waals surface area contributed by atoms with Gasteiger partial charge in [-0.05, 0) is 61.7 Å². The normalized spacial score (nSPS) is 14.3. The van der Waals surface area contributed by atoms with Crippen molar-refractivity contribution in [3.8, 4) is 0 Å². The fraction of sp³-hybridized carbons (Fsp3) is 0.316. The molecule has 0 atom stereocenters. The zero-order valence-corrected chi connectivity index (χ0v) is 15.8. The van der Waals surface area contributed by atoms with Crippen LogP contribution in [0.5, 0.6) is 0 Å². The molecule has 0 unspecified atom stereocenters. The highest BCUT2D eigenvalue weighted by Crippen LogP contribution is 2.24. The summed E-state index contributed by atoms with van der Waals surface area (Å²) in [6.45, 7) is 3.87. The molecule has 1 heterocycles. The van der Waals surface area contributed by atoms with Gasteiger partial charge in [-0.3, -0.25) is 9.52 Å². The van der Waals surface area contributed by atoms with E-state index in [1.165, 1.54) is 12.8 Å². The second-order valence-corrected chi connectivity index (χ2v) is 8.30. The predicted molar refractivity (Wildman–Crippen MR) is 105 cm³/mol. The summed E-state index contributed by atoms with van der Waals surface area (Å²) >= 11 is 0. The van der Waals surface area contributed by atoms with E-state index in [1.54, 1.807) is 25.1 Å². The van der Waals surface area contributed by atoms with Crippen LogP contribution in [0.2, 0.25) is 0 Å². The number of nitrogens with one attached hydrogen (secondary N) is 2. The Labute approximate surface area is 154 Å². The van der Waals surface area contributed by atoms with Crippen LogP contribution >= 0.6 is 0 Å². The van der Waals surface area contributed by atoms with Crippen molar-refractivity contribution in [2.75, 3.05) is 34.3 Å². The van der Waals surface area contributed by atoms with Crippen LogP contribution in [0.4, 0.5) is 17.1 Å². The Morgan fingerprint density at radius 3 is 2.31 bits per heavy atom. The number of rotatable bonds is 5. The minimum absolute atomic E-state index is 0.270. The fourth-order valence-electron chi connectivity index (χ4n) is 3.12. The average molecular weight is 373 g/mol. The standard InChI is InChI=1S/C19H23N3O3S/c1-14-17(6-5-7-18(14)21-26(2,24)25)19(23)20-15-8-10-16(11-9-15)22-12-3-4-13-22/h5-11,21H,3-4,12-13H2,1-2H3,(H,20,23). The van der Waals surface area contributed by atoms with Gasteiger partial charge in [0.25, 0.3) is 5.91 Å². The van der Waals surface area contributed by atoms with Crippen molar-refractivity contribution in [3.63, 3.8) is 0 Å². The van der Waals surface area contributed by atoms with Gasteiger partial charge in [-0.25, -0.2) is 8.42 Å². The highest BCUT2D eigenvalue weighted by Gasteiger charge is 2.15.